The molecule has 2 aromatic rings. The first-order valence-electron chi connectivity index (χ1n) is 8.36. The van der Waals surface area contributed by atoms with Crippen LogP contribution in [0.2, 0.25) is 5.02 Å². The smallest absolute Gasteiger partial charge is 0.293 e. The summed E-state index contributed by atoms with van der Waals surface area (Å²) in [6.45, 7) is 6.62. The first-order chi connectivity index (χ1) is 12.3. The molecule has 0 saturated carbocycles. The van der Waals surface area contributed by atoms with E-state index in [2.05, 4.69) is 28.3 Å². The molecule has 0 aliphatic carbocycles. The Morgan fingerprint density at radius 2 is 1.88 bits per heavy atom. The summed E-state index contributed by atoms with van der Waals surface area (Å²) in [4.78, 5) is 9.60. The summed E-state index contributed by atoms with van der Waals surface area (Å²) in [6, 6.07) is 14.8. The van der Waals surface area contributed by atoms with Gasteiger partial charge >= 0.3 is 0 Å². The summed E-state index contributed by atoms with van der Waals surface area (Å²) in [6.07, 6.45) is 2.11. The molecule has 0 spiro atoms. The van der Waals surface area contributed by atoms with E-state index in [1.54, 1.807) is 6.07 Å². The highest BCUT2D eigenvalue weighted by molar-refractivity contribution is 6.32. The molecule has 1 atom stereocenters. The van der Waals surface area contributed by atoms with Crippen LogP contribution in [0.1, 0.15) is 37.9 Å². The third-order valence-electron chi connectivity index (χ3n) is 3.71. The fourth-order valence-corrected chi connectivity index (χ4v) is 2.73. The Kier molecular flexibility index (Phi) is 6.95. The SMILES string of the molecule is CC(C)(C)OC=O.Fc1ccc(Cl)c(C2=CC(c3ccccc3)NC2)c1. The van der Waals surface area contributed by atoms with Gasteiger partial charge in [0.25, 0.3) is 6.47 Å². The van der Waals surface area contributed by atoms with Gasteiger partial charge in [0, 0.05) is 17.1 Å². The number of hydrogen-bond donors (Lipinski definition) is 1. The van der Waals surface area contributed by atoms with Crippen molar-refractivity contribution in [1.29, 1.82) is 0 Å². The van der Waals surface area contributed by atoms with Crippen molar-refractivity contribution in [3.63, 3.8) is 0 Å². The molecular weight excluding hydrogens is 353 g/mol. The summed E-state index contributed by atoms with van der Waals surface area (Å²) in [5.74, 6) is -0.261. The number of carbonyl (C=O) groups excluding carboxylic acids is 1. The molecule has 1 unspecified atom stereocenters. The largest absolute Gasteiger partial charge is 0.462 e. The number of carbonyl (C=O) groups is 1. The average Bonchev–Trinajstić information content (AvgIpc) is 3.07. The topological polar surface area (TPSA) is 38.3 Å². The Labute approximate surface area is 158 Å². The third kappa shape index (κ3) is 5.97. The molecule has 1 heterocycles. The maximum absolute atomic E-state index is 13.3. The Balaban J connectivity index is 0.000000298. The van der Waals surface area contributed by atoms with Gasteiger partial charge in [0.15, 0.2) is 0 Å². The van der Waals surface area contributed by atoms with Crippen LogP contribution in [0.15, 0.2) is 54.6 Å². The Morgan fingerprint density at radius 3 is 2.46 bits per heavy atom. The van der Waals surface area contributed by atoms with E-state index in [1.165, 1.54) is 17.7 Å². The molecule has 5 heteroatoms. The third-order valence-corrected chi connectivity index (χ3v) is 4.04. The van der Waals surface area contributed by atoms with E-state index in [0.29, 0.717) is 18.0 Å². The molecule has 0 saturated heterocycles. The van der Waals surface area contributed by atoms with Crippen LogP contribution in [-0.4, -0.2) is 18.6 Å². The van der Waals surface area contributed by atoms with Crippen LogP contribution in [0.25, 0.3) is 5.57 Å². The van der Waals surface area contributed by atoms with Crippen molar-refractivity contribution < 1.29 is 13.9 Å². The normalized spacial score (nSPS) is 16.3. The zero-order valence-corrected chi connectivity index (χ0v) is 15.9. The first kappa shape index (κ1) is 20.1. The summed E-state index contributed by atoms with van der Waals surface area (Å²) >= 11 is 6.13. The zero-order valence-electron chi connectivity index (χ0n) is 15.1. The molecular formula is C21H23ClFNO2. The maximum Gasteiger partial charge on any atom is 0.293 e. The van der Waals surface area contributed by atoms with Crippen LogP contribution in [0, 0.1) is 5.82 Å². The van der Waals surface area contributed by atoms with Gasteiger partial charge in [-0.1, -0.05) is 48.0 Å². The van der Waals surface area contributed by atoms with Gasteiger partial charge in [0.05, 0.1) is 6.04 Å². The van der Waals surface area contributed by atoms with Crippen molar-refractivity contribution in [3.05, 3.63) is 76.6 Å². The summed E-state index contributed by atoms with van der Waals surface area (Å²) in [5.41, 5.74) is 2.69. The number of halogens is 2. The van der Waals surface area contributed by atoms with Crippen molar-refractivity contribution in [2.75, 3.05) is 6.54 Å². The Bertz CT molecular complexity index is 769. The standard InChI is InChI=1S/C16H13ClFN.C5H10O2/c17-15-7-6-13(18)9-14(15)12-8-16(19-10-12)11-4-2-1-3-5-11;1-5(2,3)7-4-6/h1-9,16,19H,10H2;4H,1-3H3. The molecule has 1 N–H and O–H groups in total. The minimum atomic E-state index is -0.318. The van der Waals surface area contributed by atoms with E-state index in [-0.39, 0.29) is 17.5 Å². The molecule has 0 amide bonds. The van der Waals surface area contributed by atoms with Gasteiger partial charge in [-0.2, -0.15) is 0 Å². The molecule has 0 fully saturated rings. The van der Waals surface area contributed by atoms with Crippen LogP contribution in [0.5, 0.6) is 0 Å². The molecule has 26 heavy (non-hydrogen) atoms. The van der Waals surface area contributed by atoms with Crippen molar-refractivity contribution in [1.82, 2.24) is 5.32 Å². The van der Waals surface area contributed by atoms with Gasteiger partial charge in [-0.25, -0.2) is 4.39 Å². The predicted molar refractivity (Wildman–Crippen MR) is 103 cm³/mol. The summed E-state index contributed by atoms with van der Waals surface area (Å²) in [5, 5.41) is 3.98. The molecule has 1 aliphatic rings. The van der Waals surface area contributed by atoms with Crippen LogP contribution < -0.4 is 5.32 Å². The van der Waals surface area contributed by atoms with E-state index < -0.39 is 0 Å². The molecule has 3 nitrogen and oxygen atoms in total. The summed E-state index contributed by atoms with van der Waals surface area (Å²) in [7, 11) is 0. The molecule has 2 aromatic carbocycles. The lowest BCUT2D eigenvalue weighted by Gasteiger charge is -2.14. The lowest BCUT2D eigenvalue weighted by molar-refractivity contribution is -0.138. The van der Waals surface area contributed by atoms with E-state index in [4.69, 9.17) is 11.6 Å². The van der Waals surface area contributed by atoms with Gasteiger partial charge in [-0.05, 0) is 50.1 Å². The predicted octanol–water partition coefficient (Wildman–Crippen LogP) is 5.16. The van der Waals surface area contributed by atoms with Gasteiger partial charge in [0.1, 0.15) is 11.4 Å². The highest BCUT2D eigenvalue weighted by Crippen LogP contribution is 2.31. The second-order valence-corrected chi connectivity index (χ2v) is 7.32. The molecule has 0 bridgehead atoms. The number of rotatable bonds is 3. The second kappa shape index (κ2) is 8.97. The van der Waals surface area contributed by atoms with Crippen LogP contribution in [-0.2, 0) is 9.53 Å². The van der Waals surface area contributed by atoms with Gasteiger partial charge < -0.3 is 10.1 Å². The highest BCUT2D eigenvalue weighted by Gasteiger charge is 2.19. The van der Waals surface area contributed by atoms with Crippen LogP contribution in [0.4, 0.5) is 4.39 Å². The number of ether oxygens (including phenoxy) is 1. The van der Waals surface area contributed by atoms with Crippen molar-refractivity contribution in [2.24, 2.45) is 0 Å². The lowest BCUT2D eigenvalue weighted by Crippen LogP contribution is -2.17. The zero-order chi connectivity index (χ0) is 19.2. The van der Waals surface area contributed by atoms with Gasteiger partial charge in [-0.15, -0.1) is 0 Å². The first-order valence-corrected chi connectivity index (χ1v) is 8.74. The highest BCUT2D eigenvalue weighted by atomic mass is 35.5. The number of benzene rings is 2. The Morgan fingerprint density at radius 1 is 1.19 bits per heavy atom. The lowest BCUT2D eigenvalue weighted by atomic mass is 10.0. The Hall–Kier alpha value is -2.17. The minimum Gasteiger partial charge on any atom is -0.462 e. The van der Waals surface area contributed by atoms with Gasteiger partial charge in [0.2, 0.25) is 0 Å². The number of nitrogens with one attached hydrogen (secondary N) is 1. The molecule has 1 aliphatic heterocycles. The minimum absolute atomic E-state index is 0.163. The van der Waals surface area contributed by atoms with Crippen LogP contribution in [0.3, 0.4) is 0 Å². The van der Waals surface area contributed by atoms with E-state index in [0.717, 1.165) is 11.1 Å². The van der Waals surface area contributed by atoms with Crippen LogP contribution >= 0.6 is 11.6 Å². The molecule has 3 rings (SSSR count). The van der Waals surface area contributed by atoms with E-state index in [9.17, 15) is 9.18 Å². The second-order valence-electron chi connectivity index (χ2n) is 6.91. The molecule has 0 radical (unpaired) electrons. The molecule has 0 aromatic heterocycles. The van der Waals surface area contributed by atoms with Crippen molar-refractivity contribution in [3.8, 4) is 0 Å². The fraction of sp³-hybridized carbons (Fsp3) is 0.286. The number of hydrogen-bond acceptors (Lipinski definition) is 3. The maximum atomic E-state index is 13.3. The van der Waals surface area contributed by atoms with E-state index in [1.807, 2.05) is 39.0 Å². The summed E-state index contributed by atoms with van der Waals surface area (Å²) < 4.78 is 17.9. The monoisotopic (exact) mass is 375 g/mol. The van der Waals surface area contributed by atoms with E-state index >= 15 is 0 Å². The average molecular weight is 376 g/mol. The van der Waals surface area contributed by atoms with Crippen molar-refractivity contribution >= 4 is 23.6 Å². The van der Waals surface area contributed by atoms with Gasteiger partial charge in [-0.3, -0.25) is 4.79 Å². The quantitative estimate of drug-likeness (QED) is 0.752. The molecule has 138 valence electrons. The fourth-order valence-electron chi connectivity index (χ4n) is 2.49. The van der Waals surface area contributed by atoms with Crippen molar-refractivity contribution in [2.45, 2.75) is 32.4 Å².